The standard InChI is InChI=1S/C11H13ClO3S/c1-8-5-6-10(15-9-3-2-4-9)11(7-8)16(12,13)14/h5-7,9H,2-4H2,1H3. The first-order chi connectivity index (χ1) is 7.47. The average molecular weight is 261 g/mol. The lowest BCUT2D eigenvalue weighted by molar-refractivity contribution is 0.116. The number of hydrogen-bond donors (Lipinski definition) is 0. The second-order valence-corrected chi connectivity index (χ2v) is 6.59. The Kier molecular flexibility index (Phi) is 3.13. The molecular formula is C11H13ClO3S. The van der Waals surface area contributed by atoms with Gasteiger partial charge in [-0.05, 0) is 43.9 Å². The summed E-state index contributed by atoms with van der Waals surface area (Å²) in [6.45, 7) is 1.82. The van der Waals surface area contributed by atoms with Gasteiger partial charge in [0, 0.05) is 10.7 Å². The summed E-state index contributed by atoms with van der Waals surface area (Å²) in [7, 11) is 1.63. The molecule has 88 valence electrons. The predicted molar refractivity (Wildman–Crippen MR) is 62.5 cm³/mol. The second kappa shape index (κ2) is 4.26. The molecule has 5 heteroatoms. The van der Waals surface area contributed by atoms with Crippen molar-refractivity contribution in [1.29, 1.82) is 0 Å². The largest absolute Gasteiger partial charge is 0.489 e. The van der Waals surface area contributed by atoms with E-state index >= 15 is 0 Å². The van der Waals surface area contributed by atoms with E-state index in [0.717, 1.165) is 24.8 Å². The highest BCUT2D eigenvalue weighted by Crippen LogP contribution is 2.32. The number of benzene rings is 1. The molecule has 3 nitrogen and oxygen atoms in total. The lowest BCUT2D eigenvalue weighted by atomic mass is 9.96. The Hall–Kier alpha value is -0.740. The van der Waals surface area contributed by atoms with Crippen LogP contribution in [0.5, 0.6) is 5.75 Å². The van der Waals surface area contributed by atoms with Crippen LogP contribution in [0.2, 0.25) is 0 Å². The summed E-state index contributed by atoms with van der Waals surface area (Å²) in [5, 5.41) is 0. The minimum absolute atomic E-state index is 0.0704. The molecule has 1 aliphatic carbocycles. The van der Waals surface area contributed by atoms with Gasteiger partial charge in [-0.15, -0.1) is 0 Å². The molecule has 0 aliphatic heterocycles. The van der Waals surface area contributed by atoms with Crippen LogP contribution in [0.25, 0.3) is 0 Å². The third kappa shape index (κ3) is 2.50. The summed E-state index contributed by atoms with van der Waals surface area (Å²) in [5.41, 5.74) is 0.847. The monoisotopic (exact) mass is 260 g/mol. The zero-order valence-corrected chi connectivity index (χ0v) is 10.5. The van der Waals surface area contributed by atoms with Gasteiger partial charge in [-0.1, -0.05) is 6.07 Å². The fourth-order valence-corrected chi connectivity index (χ4v) is 2.62. The molecule has 2 rings (SSSR count). The van der Waals surface area contributed by atoms with Crippen molar-refractivity contribution >= 4 is 19.7 Å². The van der Waals surface area contributed by atoms with Crippen LogP contribution >= 0.6 is 10.7 Å². The van der Waals surface area contributed by atoms with Crippen molar-refractivity contribution in [3.8, 4) is 5.75 Å². The van der Waals surface area contributed by atoms with E-state index in [1.165, 1.54) is 6.07 Å². The molecule has 0 bridgehead atoms. The summed E-state index contributed by atoms with van der Waals surface area (Å²) in [6.07, 6.45) is 3.24. The molecule has 0 amide bonds. The molecule has 0 unspecified atom stereocenters. The third-order valence-corrected chi connectivity index (χ3v) is 4.05. The fourth-order valence-electron chi connectivity index (χ4n) is 1.57. The van der Waals surface area contributed by atoms with E-state index in [4.69, 9.17) is 15.4 Å². The third-order valence-electron chi connectivity index (χ3n) is 2.71. The number of ether oxygens (including phenoxy) is 1. The highest BCUT2D eigenvalue weighted by molar-refractivity contribution is 8.13. The van der Waals surface area contributed by atoms with Gasteiger partial charge >= 0.3 is 0 Å². The molecule has 16 heavy (non-hydrogen) atoms. The molecule has 1 aromatic rings. The SMILES string of the molecule is Cc1ccc(OC2CCC2)c(S(=O)(=O)Cl)c1. The predicted octanol–water partition coefficient (Wildman–Crippen LogP) is 2.85. The molecule has 0 saturated heterocycles. The van der Waals surface area contributed by atoms with Crippen molar-refractivity contribution in [2.75, 3.05) is 0 Å². The molecule has 0 spiro atoms. The van der Waals surface area contributed by atoms with Crippen LogP contribution in [0.3, 0.4) is 0 Å². The van der Waals surface area contributed by atoms with Crippen LogP contribution in [0.4, 0.5) is 0 Å². The van der Waals surface area contributed by atoms with Crippen molar-refractivity contribution in [2.45, 2.75) is 37.2 Å². The highest BCUT2D eigenvalue weighted by Gasteiger charge is 2.23. The van der Waals surface area contributed by atoms with Crippen molar-refractivity contribution in [3.05, 3.63) is 23.8 Å². The number of rotatable bonds is 3. The van der Waals surface area contributed by atoms with E-state index in [9.17, 15) is 8.42 Å². The molecule has 1 fully saturated rings. The van der Waals surface area contributed by atoms with Crippen molar-refractivity contribution in [3.63, 3.8) is 0 Å². The quantitative estimate of drug-likeness (QED) is 0.785. The average Bonchev–Trinajstić information content (AvgIpc) is 2.11. The lowest BCUT2D eigenvalue weighted by Gasteiger charge is -2.27. The molecular weight excluding hydrogens is 248 g/mol. The summed E-state index contributed by atoms with van der Waals surface area (Å²) in [4.78, 5) is 0.0704. The summed E-state index contributed by atoms with van der Waals surface area (Å²) < 4.78 is 28.4. The maximum Gasteiger partial charge on any atom is 0.264 e. The van der Waals surface area contributed by atoms with Gasteiger partial charge in [0.15, 0.2) is 0 Å². The molecule has 0 radical (unpaired) electrons. The molecule has 1 saturated carbocycles. The van der Waals surface area contributed by atoms with Gasteiger partial charge in [0.1, 0.15) is 10.6 Å². The number of hydrogen-bond acceptors (Lipinski definition) is 3. The van der Waals surface area contributed by atoms with Gasteiger partial charge in [-0.2, -0.15) is 0 Å². The van der Waals surface area contributed by atoms with Crippen LogP contribution in [-0.2, 0) is 9.05 Å². The van der Waals surface area contributed by atoms with Gasteiger partial charge in [0.05, 0.1) is 6.10 Å². The van der Waals surface area contributed by atoms with Crippen LogP contribution in [-0.4, -0.2) is 14.5 Å². The zero-order chi connectivity index (χ0) is 11.8. The topological polar surface area (TPSA) is 43.4 Å². The van der Waals surface area contributed by atoms with E-state index in [2.05, 4.69) is 0 Å². The van der Waals surface area contributed by atoms with E-state index in [1.54, 1.807) is 6.07 Å². The van der Waals surface area contributed by atoms with Crippen LogP contribution in [0.1, 0.15) is 24.8 Å². The number of aryl methyl sites for hydroxylation is 1. The Morgan fingerprint density at radius 2 is 2.06 bits per heavy atom. The van der Waals surface area contributed by atoms with E-state index in [0.29, 0.717) is 5.75 Å². The first-order valence-corrected chi connectivity index (χ1v) is 7.50. The van der Waals surface area contributed by atoms with Crippen molar-refractivity contribution in [1.82, 2.24) is 0 Å². The van der Waals surface area contributed by atoms with Gasteiger partial charge in [0.25, 0.3) is 9.05 Å². The van der Waals surface area contributed by atoms with Gasteiger partial charge in [0.2, 0.25) is 0 Å². The Balaban J connectivity index is 2.35. The Morgan fingerprint density at radius 1 is 1.38 bits per heavy atom. The maximum absolute atomic E-state index is 11.4. The van der Waals surface area contributed by atoms with Gasteiger partial charge in [-0.25, -0.2) is 8.42 Å². The zero-order valence-electron chi connectivity index (χ0n) is 8.94. The first kappa shape index (κ1) is 11.7. The van der Waals surface area contributed by atoms with Crippen molar-refractivity contribution < 1.29 is 13.2 Å². The van der Waals surface area contributed by atoms with Crippen LogP contribution < -0.4 is 4.74 Å². The molecule has 0 heterocycles. The first-order valence-electron chi connectivity index (χ1n) is 5.19. The molecule has 1 aromatic carbocycles. The minimum atomic E-state index is -3.74. The number of halogens is 1. The molecule has 0 aromatic heterocycles. The van der Waals surface area contributed by atoms with E-state index in [1.807, 2.05) is 13.0 Å². The molecule has 0 N–H and O–H groups in total. The molecule has 1 aliphatic rings. The van der Waals surface area contributed by atoms with E-state index in [-0.39, 0.29) is 11.0 Å². The molecule has 0 atom stereocenters. The minimum Gasteiger partial charge on any atom is -0.489 e. The van der Waals surface area contributed by atoms with Gasteiger partial charge in [-0.3, -0.25) is 0 Å². The summed E-state index contributed by atoms with van der Waals surface area (Å²) in [5.74, 6) is 0.366. The second-order valence-electron chi connectivity index (χ2n) is 4.06. The Morgan fingerprint density at radius 3 is 2.56 bits per heavy atom. The smallest absolute Gasteiger partial charge is 0.264 e. The summed E-state index contributed by atoms with van der Waals surface area (Å²) in [6, 6.07) is 5.03. The normalized spacial score (nSPS) is 16.9. The van der Waals surface area contributed by atoms with Gasteiger partial charge < -0.3 is 4.74 Å². The van der Waals surface area contributed by atoms with E-state index < -0.39 is 9.05 Å². The summed E-state index contributed by atoms with van der Waals surface area (Å²) >= 11 is 0. The van der Waals surface area contributed by atoms with Crippen LogP contribution in [0.15, 0.2) is 23.1 Å². The van der Waals surface area contributed by atoms with Crippen molar-refractivity contribution in [2.24, 2.45) is 0 Å². The lowest BCUT2D eigenvalue weighted by Crippen LogP contribution is -2.25. The fraction of sp³-hybridized carbons (Fsp3) is 0.455. The van der Waals surface area contributed by atoms with Crippen LogP contribution in [0, 0.1) is 6.92 Å². The Labute approximate surface area is 99.8 Å². The maximum atomic E-state index is 11.4. The Bertz CT molecular complexity index is 492. The highest BCUT2D eigenvalue weighted by atomic mass is 35.7.